The number of rotatable bonds is 6. The largest absolute Gasteiger partial charge is 0.508 e. The molecule has 0 bridgehead atoms. The highest BCUT2D eigenvalue weighted by Gasteiger charge is 2.22. The Morgan fingerprint density at radius 1 is 0.743 bits per heavy atom. The first-order valence-electron chi connectivity index (χ1n) is 10.8. The van der Waals surface area contributed by atoms with E-state index in [1.54, 1.807) is 42.5 Å². The number of phenols is 3. The highest BCUT2D eigenvalue weighted by Crippen LogP contribution is 2.50. The van der Waals surface area contributed by atoms with Gasteiger partial charge < -0.3 is 29.5 Å². The average Bonchev–Trinajstić information content (AvgIpc) is 2.88. The Bertz CT molecular complexity index is 1380. The predicted molar refractivity (Wildman–Crippen MR) is 134 cm³/mol. The van der Waals surface area contributed by atoms with Crippen molar-refractivity contribution in [2.45, 2.75) is 0 Å². The smallest absolute Gasteiger partial charge is 0.170 e. The maximum Gasteiger partial charge on any atom is 0.170 e. The molecule has 0 spiro atoms. The second-order valence-electron chi connectivity index (χ2n) is 7.57. The molecule has 0 saturated carbocycles. The molecule has 0 amide bonds. The zero-order valence-electron chi connectivity index (χ0n) is 19.3. The first-order valence-corrected chi connectivity index (χ1v) is 10.8. The molecule has 0 atom stereocenters. The number of aromatic hydroxyl groups is 3. The number of hydrogen-bond acceptors (Lipinski definition) is 6. The lowest BCUT2D eigenvalue weighted by Crippen LogP contribution is -1.97. The molecule has 3 N–H and O–H groups in total. The first kappa shape index (κ1) is 23.4. The Balaban J connectivity index is 1.64. The van der Waals surface area contributed by atoms with Crippen LogP contribution in [0.4, 0.5) is 0 Å². The van der Waals surface area contributed by atoms with Crippen LogP contribution in [0.1, 0.15) is 5.56 Å². The van der Waals surface area contributed by atoms with Gasteiger partial charge in [-0.15, -0.1) is 0 Å². The lowest BCUT2D eigenvalue weighted by Gasteiger charge is -2.18. The molecule has 0 saturated heterocycles. The number of benzene rings is 4. The summed E-state index contributed by atoms with van der Waals surface area (Å²) >= 11 is 0. The zero-order chi connectivity index (χ0) is 24.8. The summed E-state index contributed by atoms with van der Waals surface area (Å²) in [6.07, 6.45) is 0. The molecule has 0 aliphatic carbocycles. The third-order valence-corrected chi connectivity index (χ3v) is 5.37. The van der Waals surface area contributed by atoms with Crippen LogP contribution in [-0.4, -0.2) is 36.1 Å². The Morgan fingerprint density at radius 2 is 1.46 bits per heavy atom. The average molecular weight is 469 g/mol. The van der Waals surface area contributed by atoms with Crippen LogP contribution in [0.25, 0.3) is 22.3 Å². The second kappa shape index (κ2) is 10.4. The van der Waals surface area contributed by atoms with Gasteiger partial charge in [-0.2, -0.15) is 0 Å². The van der Waals surface area contributed by atoms with Crippen molar-refractivity contribution in [1.82, 2.24) is 0 Å². The van der Waals surface area contributed by atoms with Crippen LogP contribution in [-0.2, 0) is 0 Å². The van der Waals surface area contributed by atoms with Gasteiger partial charge >= 0.3 is 0 Å². The van der Waals surface area contributed by atoms with Gasteiger partial charge in [0.15, 0.2) is 23.0 Å². The molecule has 6 heteroatoms. The van der Waals surface area contributed by atoms with Crippen molar-refractivity contribution in [3.05, 3.63) is 84.4 Å². The lowest BCUT2D eigenvalue weighted by molar-refractivity contribution is 0.342. The van der Waals surface area contributed by atoms with Crippen molar-refractivity contribution in [2.24, 2.45) is 0 Å². The molecule has 4 rings (SSSR count). The van der Waals surface area contributed by atoms with Gasteiger partial charge in [-0.05, 0) is 53.6 Å². The lowest BCUT2D eigenvalue weighted by atomic mass is 9.96. The Morgan fingerprint density at radius 3 is 2.11 bits per heavy atom. The van der Waals surface area contributed by atoms with Gasteiger partial charge in [-0.3, -0.25) is 0 Å². The van der Waals surface area contributed by atoms with E-state index in [2.05, 4.69) is 11.8 Å². The van der Waals surface area contributed by atoms with Crippen molar-refractivity contribution in [3.8, 4) is 68.6 Å². The number of phenolic OH excluding ortho intramolecular Hbond substituents is 3. The summed E-state index contributed by atoms with van der Waals surface area (Å²) in [5, 5.41) is 31.3. The summed E-state index contributed by atoms with van der Waals surface area (Å²) in [4.78, 5) is 0. The molecule has 4 aromatic rings. The van der Waals surface area contributed by atoms with Crippen LogP contribution in [0, 0.1) is 11.8 Å². The second-order valence-corrected chi connectivity index (χ2v) is 7.57. The zero-order valence-corrected chi connectivity index (χ0v) is 19.3. The molecule has 0 aliphatic rings. The highest BCUT2D eigenvalue weighted by molar-refractivity contribution is 5.88. The topological polar surface area (TPSA) is 88.4 Å². The number of hydrogen-bond donors (Lipinski definition) is 3. The standard InChI is InChI=1S/C29H24O6/c1-33-26-18-23(20-10-13-22(30)14-11-20)29(34-2)28(32)27(26)21-12-15-25(24(31)17-21)35-16-6-9-19-7-4-3-5-8-19/h3-5,7-8,10-15,17-18,30-32H,16H2,1-2H3. The highest BCUT2D eigenvalue weighted by atomic mass is 16.5. The minimum atomic E-state index is -0.142. The Kier molecular flexibility index (Phi) is 6.99. The molecule has 0 heterocycles. The van der Waals surface area contributed by atoms with Crippen molar-refractivity contribution in [1.29, 1.82) is 0 Å². The first-order chi connectivity index (χ1) is 17.0. The minimum Gasteiger partial charge on any atom is -0.508 e. The Hall–Kier alpha value is -4.76. The van der Waals surface area contributed by atoms with Crippen molar-refractivity contribution in [3.63, 3.8) is 0 Å². The Labute approximate surface area is 203 Å². The van der Waals surface area contributed by atoms with Gasteiger partial charge in [0.25, 0.3) is 0 Å². The monoisotopic (exact) mass is 468 g/mol. The van der Waals surface area contributed by atoms with Gasteiger partial charge in [0.05, 0.1) is 19.8 Å². The van der Waals surface area contributed by atoms with Crippen molar-refractivity contribution < 1.29 is 29.5 Å². The van der Waals surface area contributed by atoms with E-state index in [1.165, 1.54) is 20.3 Å². The predicted octanol–water partition coefficient (Wildman–Crippen LogP) is 5.59. The van der Waals surface area contributed by atoms with Crippen LogP contribution in [0.15, 0.2) is 78.9 Å². The maximum absolute atomic E-state index is 11.1. The maximum atomic E-state index is 11.1. The van der Waals surface area contributed by atoms with Gasteiger partial charge in [0.1, 0.15) is 18.1 Å². The van der Waals surface area contributed by atoms with Crippen LogP contribution in [0.5, 0.6) is 34.5 Å². The van der Waals surface area contributed by atoms with E-state index in [9.17, 15) is 15.3 Å². The SMILES string of the molecule is COc1cc(-c2ccc(O)cc2)c(OC)c(O)c1-c1ccc(OCC#Cc2ccccc2)c(O)c1. The quantitative estimate of drug-likeness (QED) is 0.320. The van der Waals surface area contributed by atoms with Gasteiger partial charge in [0, 0.05) is 11.1 Å². The molecule has 0 radical (unpaired) electrons. The number of methoxy groups -OCH3 is 2. The molecule has 0 fully saturated rings. The molecule has 0 aliphatic heterocycles. The summed E-state index contributed by atoms with van der Waals surface area (Å²) in [6.45, 7) is 0.103. The van der Waals surface area contributed by atoms with Crippen LogP contribution in [0.2, 0.25) is 0 Å². The fourth-order valence-electron chi connectivity index (χ4n) is 3.70. The van der Waals surface area contributed by atoms with E-state index < -0.39 is 0 Å². The van der Waals surface area contributed by atoms with E-state index in [1.807, 2.05) is 30.3 Å². The van der Waals surface area contributed by atoms with Gasteiger partial charge in [0.2, 0.25) is 0 Å². The summed E-state index contributed by atoms with van der Waals surface area (Å²) < 4.78 is 16.7. The molecule has 0 unspecified atom stereocenters. The molecular formula is C29H24O6. The summed E-state index contributed by atoms with van der Waals surface area (Å²) in [5.74, 6) is 6.68. The van der Waals surface area contributed by atoms with Gasteiger partial charge in [-0.1, -0.05) is 48.2 Å². The third kappa shape index (κ3) is 5.10. The van der Waals surface area contributed by atoms with E-state index in [0.29, 0.717) is 22.4 Å². The van der Waals surface area contributed by atoms with E-state index >= 15 is 0 Å². The van der Waals surface area contributed by atoms with Crippen molar-refractivity contribution in [2.75, 3.05) is 20.8 Å². The summed E-state index contributed by atoms with van der Waals surface area (Å²) in [6, 6.07) is 22.6. The molecule has 6 nitrogen and oxygen atoms in total. The minimum absolute atomic E-state index is 0.103. The van der Waals surface area contributed by atoms with Gasteiger partial charge in [-0.25, -0.2) is 0 Å². The fourth-order valence-corrected chi connectivity index (χ4v) is 3.70. The normalized spacial score (nSPS) is 10.2. The molecule has 4 aromatic carbocycles. The van der Waals surface area contributed by atoms with E-state index in [0.717, 1.165) is 11.1 Å². The molecular weight excluding hydrogens is 444 g/mol. The van der Waals surface area contributed by atoms with Crippen LogP contribution >= 0.6 is 0 Å². The molecule has 176 valence electrons. The molecule has 0 aromatic heterocycles. The summed E-state index contributed by atoms with van der Waals surface area (Å²) in [7, 11) is 2.95. The fraction of sp³-hybridized carbons (Fsp3) is 0.103. The van der Waals surface area contributed by atoms with Crippen LogP contribution < -0.4 is 14.2 Å². The van der Waals surface area contributed by atoms with E-state index in [4.69, 9.17) is 14.2 Å². The number of ether oxygens (including phenoxy) is 3. The third-order valence-electron chi connectivity index (χ3n) is 5.37. The van der Waals surface area contributed by atoms with Crippen LogP contribution in [0.3, 0.4) is 0 Å². The van der Waals surface area contributed by atoms with Crippen molar-refractivity contribution >= 4 is 0 Å². The van der Waals surface area contributed by atoms with E-state index in [-0.39, 0.29) is 35.4 Å². The molecule has 35 heavy (non-hydrogen) atoms. The summed E-state index contributed by atoms with van der Waals surface area (Å²) in [5.41, 5.74) is 3.06.